The first-order chi connectivity index (χ1) is 12.6. The monoisotopic (exact) mass is 352 g/mol. The average Bonchev–Trinajstić information content (AvgIpc) is 3.11. The molecule has 3 rings (SSSR count). The molecule has 0 aliphatic rings. The minimum absolute atomic E-state index is 0.00456. The number of hydrogen-bond donors (Lipinski definition) is 1. The van der Waals surface area contributed by atoms with Gasteiger partial charge in [-0.2, -0.15) is 0 Å². The fraction of sp³-hybridized carbons (Fsp3) is 0.176. The predicted octanol–water partition coefficient (Wildman–Crippen LogP) is 1.61. The number of nitrogens with zero attached hydrogens (tertiary/aromatic N) is 5. The number of benzene rings is 1. The normalized spacial score (nSPS) is 10.5. The maximum atomic E-state index is 12.0. The number of hydrogen-bond acceptors (Lipinski definition) is 6. The summed E-state index contributed by atoms with van der Waals surface area (Å²) in [5.74, 6) is 1.00. The number of non-ortho nitro benzene ring substituents is 1. The van der Waals surface area contributed by atoms with Crippen LogP contribution in [0.25, 0.3) is 11.6 Å². The van der Waals surface area contributed by atoms with E-state index in [2.05, 4.69) is 20.3 Å². The molecule has 0 saturated heterocycles. The van der Waals surface area contributed by atoms with E-state index in [0.717, 1.165) is 0 Å². The molecule has 0 bridgehead atoms. The van der Waals surface area contributed by atoms with Crippen molar-refractivity contribution in [2.75, 3.05) is 6.54 Å². The molecule has 132 valence electrons. The van der Waals surface area contributed by atoms with E-state index in [1.54, 1.807) is 43.0 Å². The van der Waals surface area contributed by atoms with E-state index in [9.17, 15) is 14.9 Å². The molecule has 2 aromatic heterocycles. The summed E-state index contributed by atoms with van der Waals surface area (Å²) in [5, 5.41) is 13.5. The second-order valence-corrected chi connectivity index (χ2v) is 5.47. The Morgan fingerprint density at radius 2 is 1.85 bits per heavy atom. The van der Waals surface area contributed by atoms with Crippen LogP contribution in [0, 0.1) is 10.1 Å². The molecular weight excluding hydrogens is 336 g/mol. The molecule has 0 fully saturated rings. The highest BCUT2D eigenvalue weighted by atomic mass is 16.6. The molecule has 9 heteroatoms. The molecule has 0 radical (unpaired) electrons. The molecule has 0 unspecified atom stereocenters. The van der Waals surface area contributed by atoms with E-state index in [1.807, 2.05) is 4.57 Å². The van der Waals surface area contributed by atoms with Gasteiger partial charge in [-0.05, 0) is 11.6 Å². The summed E-state index contributed by atoms with van der Waals surface area (Å²) < 4.78 is 1.86. The van der Waals surface area contributed by atoms with Crippen molar-refractivity contribution in [1.29, 1.82) is 0 Å². The van der Waals surface area contributed by atoms with Crippen LogP contribution >= 0.6 is 0 Å². The van der Waals surface area contributed by atoms with E-state index < -0.39 is 4.92 Å². The highest BCUT2D eigenvalue weighted by Crippen LogP contribution is 2.12. The lowest BCUT2D eigenvalue weighted by molar-refractivity contribution is -0.384. The largest absolute Gasteiger partial charge is 0.354 e. The van der Waals surface area contributed by atoms with E-state index in [-0.39, 0.29) is 18.0 Å². The Kier molecular flexibility index (Phi) is 5.28. The quantitative estimate of drug-likeness (QED) is 0.510. The molecule has 2 heterocycles. The maximum Gasteiger partial charge on any atom is 0.269 e. The van der Waals surface area contributed by atoms with Crippen molar-refractivity contribution >= 4 is 11.6 Å². The number of nitro groups is 1. The molecule has 1 amide bonds. The van der Waals surface area contributed by atoms with Crippen molar-refractivity contribution in [3.05, 3.63) is 70.8 Å². The van der Waals surface area contributed by atoms with Crippen molar-refractivity contribution in [3.8, 4) is 11.6 Å². The van der Waals surface area contributed by atoms with E-state index >= 15 is 0 Å². The third kappa shape index (κ3) is 4.26. The van der Waals surface area contributed by atoms with Gasteiger partial charge in [0.2, 0.25) is 5.91 Å². The first-order valence-electron chi connectivity index (χ1n) is 7.92. The third-order valence-corrected chi connectivity index (χ3v) is 3.67. The standard InChI is InChI=1S/C17H16N6O3/c24-15(12-13-2-4-14(5-3-13)23(25)26)18-8-10-22-11-9-21-17(22)16-19-6-1-7-20-16/h1-7,9,11H,8,10,12H2,(H,18,24). The van der Waals surface area contributed by atoms with Crippen LogP contribution in [0.1, 0.15) is 5.56 Å². The van der Waals surface area contributed by atoms with Gasteiger partial charge in [0.1, 0.15) is 0 Å². The lowest BCUT2D eigenvalue weighted by Crippen LogP contribution is -2.28. The van der Waals surface area contributed by atoms with E-state index in [0.29, 0.717) is 30.3 Å². The average molecular weight is 352 g/mol. The van der Waals surface area contributed by atoms with Gasteiger partial charge in [-0.3, -0.25) is 14.9 Å². The topological polar surface area (TPSA) is 116 Å². The van der Waals surface area contributed by atoms with Gasteiger partial charge in [-0.25, -0.2) is 15.0 Å². The van der Waals surface area contributed by atoms with Gasteiger partial charge >= 0.3 is 0 Å². The highest BCUT2D eigenvalue weighted by Gasteiger charge is 2.10. The van der Waals surface area contributed by atoms with E-state index in [1.165, 1.54) is 12.1 Å². The number of carbonyl (C=O) groups is 1. The Bertz CT molecular complexity index is 892. The Morgan fingerprint density at radius 3 is 2.54 bits per heavy atom. The summed E-state index contributed by atoms with van der Waals surface area (Å²) in [4.78, 5) is 34.8. The lowest BCUT2D eigenvalue weighted by atomic mass is 10.1. The van der Waals surface area contributed by atoms with Crippen LogP contribution in [0.15, 0.2) is 55.1 Å². The second kappa shape index (κ2) is 7.97. The molecule has 9 nitrogen and oxygen atoms in total. The van der Waals surface area contributed by atoms with Crippen LogP contribution in [0.4, 0.5) is 5.69 Å². The fourth-order valence-corrected chi connectivity index (χ4v) is 2.41. The van der Waals surface area contributed by atoms with Gasteiger partial charge in [0.05, 0.1) is 11.3 Å². The van der Waals surface area contributed by atoms with Gasteiger partial charge in [-0.1, -0.05) is 12.1 Å². The Morgan fingerprint density at radius 1 is 1.12 bits per heavy atom. The molecule has 0 aliphatic carbocycles. The van der Waals surface area contributed by atoms with Crippen molar-refractivity contribution in [3.63, 3.8) is 0 Å². The summed E-state index contributed by atoms with van der Waals surface area (Å²) in [6.07, 6.45) is 6.91. The van der Waals surface area contributed by atoms with Gasteiger partial charge in [0.25, 0.3) is 5.69 Å². The van der Waals surface area contributed by atoms with Crippen LogP contribution in [0.3, 0.4) is 0 Å². The molecule has 0 atom stereocenters. The Hall–Kier alpha value is -3.62. The zero-order valence-corrected chi connectivity index (χ0v) is 13.8. The summed E-state index contributed by atoms with van der Waals surface area (Å²) in [7, 11) is 0. The zero-order chi connectivity index (χ0) is 18.4. The predicted molar refractivity (Wildman–Crippen MR) is 93.1 cm³/mol. The molecule has 1 N–H and O–H groups in total. The van der Waals surface area contributed by atoms with Crippen LogP contribution in [0.2, 0.25) is 0 Å². The molecule has 3 aromatic rings. The van der Waals surface area contributed by atoms with Crippen molar-refractivity contribution in [1.82, 2.24) is 24.8 Å². The first-order valence-corrected chi connectivity index (χ1v) is 7.92. The van der Waals surface area contributed by atoms with Gasteiger partial charge in [0.15, 0.2) is 11.6 Å². The van der Waals surface area contributed by atoms with Gasteiger partial charge in [0, 0.05) is 50.0 Å². The summed E-state index contributed by atoms with van der Waals surface area (Å²) in [6, 6.07) is 7.67. The fourth-order valence-electron chi connectivity index (χ4n) is 2.41. The number of amides is 1. The first kappa shape index (κ1) is 17.2. The van der Waals surface area contributed by atoms with Gasteiger partial charge in [-0.15, -0.1) is 0 Å². The lowest BCUT2D eigenvalue weighted by Gasteiger charge is -2.08. The van der Waals surface area contributed by atoms with Crippen molar-refractivity contribution in [2.24, 2.45) is 0 Å². The maximum absolute atomic E-state index is 12.0. The molecule has 1 aromatic carbocycles. The van der Waals surface area contributed by atoms with Crippen LogP contribution in [0.5, 0.6) is 0 Å². The molecule has 0 spiro atoms. The van der Waals surface area contributed by atoms with Gasteiger partial charge < -0.3 is 9.88 Å². The van der Waals surface area contributed by atoms with Crippen molar-refractivity contribution < 1.29 is 9.72 Å². The summed E-state index contributed by atoms with van der Waals surface area (Å²) >= 11 is 0. The summed E-state index contributed by atoms with van der Waals surface area (Å²) in [5.41, 5.74) is 0.721. The van der Waals surface area contributed by atoms with Crippen molar-refractivity contribution in [2.45, 2.75) is 13.0 Å². The minimum Gasteiger partial charge on any atom is -0.354 e. The molecule has 0 aliphatic heterocycles. The Balaban J connectivity index is 1.52. The SMILES string of the molecule is O=C(Cc1ccc([N+](=O)[O-])cc1)NCCn1ccnc1-c1ncccn1. The smallest absolute Gasteiger partial charge is 0.269 e. The number of nitrogens with one attached hydrogen (secondary N) is 1. The minimum atomic E-state index is -0.469. The number of rotatable bonds is 7. The number of imidazole rings is 1. The number of aromatic nitrogens is 4. The molecular formula is C17H16N6O3. The Labute approximate surface area is 148 Å². The highest BCUT2D eigenvalue weighted by molar-refractivity contribution is 5.78. The third-order valence-electron chi connectivity index (χ3n) is 3.67. The number of nitro benzene ring substituents is 1. The van der Waals surface area contributed by atoms with Crippen LogP contribution < -0.4 is 5.32 Å². The summed E-state index contributed by atoms with van der Waals surface area (Å²) in [6.45, 7) is 0.946. The second-order valence-electron chi connectivity index (χ2n) is 5.47. The van der Waals surface area contributed by atoms with Crippen LogP contribution in [-0.4, -0.2) is 36.9 Å². The van der Waals surface area contributed by atoms with Crippen LogP contribution in [-0.2, 0) is 17.8 Å². The van der Waals surface area contributed by atoms with E-state index in [4.69, 9.17) is 0 Å². The zero-order valence-electron chi connectivity index (χ0n) is 13.8. The molecule has 26 heavy (non-hydrogen) atoms. The number of carbonyl (C=O) groups excluding carboxylic acids is 1. The molecule has 0 saturated carbocycles.